The van der Waals surface area contributed by atoms with Crippen LogP contribution in [0.3, 0.4) is 0 Å². The molecule has 12 heteroatoms. The van der Waals surface area contributed by atoms with Gasteiger partial charge in [-0.3, -0.25) is 9.69 Å². The number of hydrogen-bond acceptors (Lipinski definition) is 7. The second-order valence-electron chi connectivity index (χ2n) is 13.9. The van der Waals surface area contributed by atoms with Crippen molar-refractivity contribution in [3.63, 3.8) is 0 Å². The molecule has 3 fully saturated rings. The van der Waals surface area contributed by atoms with Gasteiger partial charge in [-0.1, -0.05) is 24.3 Å². The Morgan fingerprint density at radius 1 is 0.938 bits per heavy atom. The van der Waals surface area contributed by atoms with Crippen molar-refractivity contribution in [2.24, 2.45) is 0 Å². The van der Waals surface area contributed by atoms with Crippen LogP contribution >= 0.6 is 0 Å². The predicted molar refractivity (Wildman–Crippen MR) is 183 cm³/mol. The maximum atomic E-state index is 14.1. The van der Waals surface area contributed by atoms with Gasteiger partial charge in [0.25, 0.3) is 5.91 Å². The first-order chi connectivity index (χ1) is 23.3. The minimum atomic E-state index is -0.930. The van der Waals surface area contributed by atoms with Gasteiger partial charge in [0.05, 0.1) is 0 Å². The zero-order valence-corrected chi connectivity index (χ0v) is 28.2. The molecule has 2 aromatic heterocycles. The van der Waals surface area contributed by atoms with Gasteiger partial charge in [-0.05, 0) is 81.9 Å². The van der Waals surface area contributed by atoms with Crippen LogP contribution in [0.4, 0.5) is 15.3 Å². The molecule has 0 bridgehead atoms. The van der Waals surface area contributed by atoms with Gasteiger partial charge in [-0.2, -0.15) is 0 Å². The van der Waals surface area contributed by atoms with Gasteiger partial charge in [-0.25, -0.2) is 14.6 Å². The third-order valence-corrected chi connectivity index (χ3v) is 10.8. The second kappa shape index (κ2) is 14.1. The van der Waals surface area contributed by atoms with Crippen LogP contribution in [0.15, 0.2) is 48.9 Å². The molecule has 0 radical (unpaired) electrons. The van der Waals surface area contributed by atoms with Gasteiger partial charge in [0.15, 0.2) is 6.10 Å². The summed E-state index contributed by atoms with van der Waals surface area (Å²) in [6.45, 7) is 8.74. The molecule has 0 spiro atoms. The van der Waals surface area contributed by atoms with Crippen molar-refractivity contribution in [3.05, 3.63) is 65.6 Å². The third-order valence-electron chi connectivity index (χ3n) is 10.8. The summed E-state index contributed by atoms with van der Waals surface area (Å²) in [6.07, 6.45) is 8.95. The van der Waals surface area contributed by atoms with E-state index in [4.69, 9.17) is 4.74 Å². The summed E-state index contributed by atoms with van der Waals surface area (Å²) in [5.41, 5.74) is 4.79. The van der Waals surface area contributed by atoms with E-state index in [2.05, 4.69) is 33.2 Å². The van der Waals surface area contributed by atoms with Crippen LogP contribution in [0.5, 0.6) is 0 Å². The van der Waals surface area contributed by atoms with E-state index in [1.54, 1.807) is 11.1 Å². The van der Waals surface area contributed by atoms with E-state index in [9.17, 15) is 14.4 Å². The molecule has 1 aromatic carbocycles. The molecule has 256 valence electrons. The number of piperazine rings is 1. The van der Waals surface area contributed by atoms with E-state index in [0.717, 1.165) is 73.5 Å². The lowest BCUT2D eigenvalue weighted by molar-refractivity contribution is -0.143. The third kappa shape index (κ3) is 7.00. The van der Waals surface area contributed by atoms with Crippen LogP contribution in [0.2, 0.25) is 0 Å². The van der Waals surface area contributed by atoms with Crippen molar-refractivity contribution in [1.29, 1.82) is 0 Å². The van der Waals surface area contributed by atoms with E-state index in [1.807, 2.05) is 57.8 Å². The standard InChI is InChI=1S/C36H48N8O4/c1-26-23-27(25-43-18-12-37-33(26)43)24-32(34(45)41-21-19-40(20-22-41)29-8-13-39(2)14-9-29)48-36(47)42-15-10-30(11-16-42)44-17-7-28-5-3-4-6-31(28)38-35(44)46/h3-6,12,18,23,25,29-30,32H,7-11,13-17,19-22,24H2,1-2H3,(H,38,46). The number of urea groups is 1. The lowest BCUT2D eigenvalue weighted by Crippen LogP contribution is -2.56. The van der Waals surface area contributed by atoms with Gasteiger partial charge < -0.3 is 34.1 Å². The fourth-order valence-corrected chi connectivity index (χ4v) is 7.95. The highest BCUT2D eigenvalue weighted by Gasteiger charge is 2.36. The van der Waals surface area contributed by atoms with Crippen molar-refractivity contribution in [2.75, 3.05) is 71.3 Å². The van der Waals surface area contributed by atoms with E-state index in [0.29, 0.717) is 58.0 Å². The molecule has 7 rings (SSSR count). The highest BCUT2D eigenvalue weighted by Crippen LogP contribution is 2.26. The first-order valence-electron chi connectivity index (χ1n) is 17.6. The summed E-state index contributed by atoms with van der Waals surface area (Å²) in [6, 6.07) is 10.5. The molecule has 4 aliphatic rings. The Hall–Kier alpha value is -4.16. The maximum Gasteiger partial charge on any atom is 0.410 e. The maximum absolute atomic E-state index is 14.1. The average molecular weight is 657 g/mol. The number of nitrogens with zero attached hydrogens (tertiary/aromatic N) is 7. The number of aromatic nitrogens is 2. The molecule has 0 saturated carbocycles. The van der Waals surface area contributed by atoms with Crippen LogP contribution in [-0.2, 0) is 22.4 Å². The number of imidazole rings is 1. The summed E-state index contributed by atoms with van der Waals surface area (Å²) in [7, 11) is 2.18. The Morgan fingerprint density at radius 3 is 2.44 bits per heavy atom. The van der Waals surface area contributed by atoms with Crippen molar-refractivity contribution in [3.8, 4) is 0 Å². The number of pyridine rings is 1. The smallest absolute Gasteiger partial charge is 0.410 e. The summed E-state index contributed by atoms with van der Waals surface area (Å²) in [5.74, 6) is -0.134. The Morgan fingerprint density at radius 2 is 1.67 bits per heavy atom. The Labute approximate surface area is 282 Å². The molecular weight excluding hydrogens is 608 g/mol. The molecule has 1 atom stereocenters. The number of rotatable bonds is 6. The molecule has 3 saturated heterocycles. The summed E-state index contributed by atoms with van der Waals surface area (Å²) < 4.78 is 8.08. The van der Waals surface area contributed by atoms with Gasteiger partial charge in [-0.15, -0.1) is 0 Å². The Balaban J connectivity index is 0.996. The van der Waals surface area contributed by atoms with Gasteiger partial charge in [0.1, 0.15) is 5.65 Å². The Bertz CT molecular complexity index is 1620. The molecule has 0 aliphatic carbocycles. The van der Waals surface area contributed by atoms with Crippen LogP contribution < -0.4 is 5.32 Å². The number of carbonyl (C=O) groups is 3. The zero-order valence-electron chi connectivity index (χ0n) is 28.2. The lowest BCUT2D eigenvalue weighted by Gasteiger charge is -2.42. The number of hydrogen-bond donors (Lipinski definition) is 1. The second-order valence-corrected chi connectivity index (χ2v) is 13.9. The number of nitrogens with one attached hydrogen (secondary N) is 1. The molecule has 4 aliphatic heterocycles. The molecule has 6 heterocycles. The van der Waals surface area contributed by atoms with Gasteiger partial charge in [0.2, 0.25) is 0 Å². The zero-order chi connectivity index (χ0) is 33.2. The number of carbonyl (C=O) groups excluding carboxylic acids is 3. The quantitative estimate of drug-likeness (QED) is 0.433. The number of fused-ring (bicyclic) bond motifs is 2. The minimum Gasteiger partial charge on any atom is -0.436 e. The number of ether oxygens (including phenoxy) is 1. The van der Waals surface area contributed by atoms with Gasteiger partial charge >= 0.3 is 12.1 Å². The molecule has 3 aromatic rings. The first-order valence-corrected chi connectivity index (χ1v) is 17.6. The van der Waals surface area contributed by atoms with E-state index in [1.165, 1.54) is 0 Å². The normalized spacial score (nSPS) is 21.1. The van der Waals surface area contributed by atoms with Crippen LogP contribution in [0.1, 0.15) is 42.4 Å². The van der Waals surface area contributed by atoms with E-state index >= 15 is 0 Å². The van der Waals surface area contributed by atoms with E-state index < -0.39 is 12.2 Å². The summed E-state index contributed by atoms with van der Waals surface area (Å²) >= 11 is 0. The summed E-state index contributed by atoms with van der Waals surface area (Å²) in [4.78, 5) is 55.7. The van der Waals surface area contributed by atoms with Crippen LogP contribution in [-0.4, -0.2) is 136 Å². The van der Waals surface area contributed by atoms with Gasteiger partial charge in [0, 0.05) is 88.6 Å². The number of benzene rings is 1. The Kier molecular flexibility index (Phi) is 9.54. The fraction of sp³-hybridized carbons (Fsp3) is 0.556. The molecule has 4 amide bonds. The van der Waals surface area contributed by atoms with E-state index in [-0.39, 0.29) is 18.0 Å². The molecule has 12 nitrogen and oxygen atoms in total. The van der Waals surface area contributed by atoms with Crippen molar-refractivity contribution < 1.29 is 19.1 Å². The summed E-state index contributed by atoms with van der Waals surface area (Å²) in [5, 5.41) is 3.06. The largest absolute Gasteiger partial charge is 0.436 e. The topological polar surface area (TPSA) is 106 Å². The predicted octanol–water partition coefficient (Wildman–Crippen LogP) is 3.48. The van der Waals surface area contributed by atoms with Crippen LogP contribution in [0.25, 0.3) is 5.65 Å². The minimum absolute atomic E-state index is 0.0338. The number of amides is 4. The van der Waals surface area contributed by atoms with Crippen molar-refractivity contribution >= 4 is 29.4 Å². The van der Waals surface area contributed by atoms with Crippen LogP contribution in [0, 0.1) is 6.92 Å². The highest BCUT2D eigenvalue weighted by atomic mass is 16.6. The fourth-order valence-electron chi connectivity index (χ4n) is 7.95. The number of anilines is 1. The molecule has 48 heavy (non-hydrogen) atoms. The average Bonchev–Trinajstić information content (AvgIpc) is 3.52. The first kappa shape index (κ1) is 32.4. The number of likely N-dealkylation sites (tertiary alicyclic amines) is 2. The SMILES string of the molecule is Cc1cc(CC(OC(=O)N2CCC(N3CCc4ccccc4NC3=O)CC2)C(=O)N2CCN(C3CCN(C)CC3)CC2)cn2ccnc12. The lowest BCUT2D eigenvalue weighted by atomic mass is 10.0. The highest BCUT2D eigenvalue weighted by molar-refractivity contribution is 5.91. The number of aryl methyl sites for hydroxylation is 1. The number of para-hydroxylation sites is 1. The molecule has 1 N–H and O–H groups in total. The van der Waals surface area contributed by atoms with Crippen molar-refractivity contribution in [2.45, 2.75) is 63.6 Å². The van der Waals surface area contributed by atoms with Crippen molar-refractivity contribution in [1.82, 2.24) is 33.9 Å². The number of piperidine rings is 2. The molecular formula is C36H48N8O4. The molecule has 1 unspecified atom stereocenters. The monoisotopic (exact) mass is 656 g/mol.